The minimum Gasteiger partial charge on any atom is -0.380 e. The molecule has 0 amide bonds. The van der Waals surface area contributed by atoms with Crippen LogP contribution >= 0.6 is 0 Å². The molecule has 1 aliphatic rings. The van der Waals surface area contributed by atoms with Crippen molar-refractivity contribution in [3.05, 3.63) is 29.3 Å². The van der Waals surface area contributed by atoms with E-state index in [0.717, 1.165) is 12.8 Å². The van der Waals surface area contributed by atoms with E-state index in [-0.39, 0.29) is 0 Å². The topological polar surface area (TPSA) is 24.1 Å². The second-order valence-corrected chi connectivity index (χ2v) is 4.38. The van der Waals surface area contributed by atoms with E-state index >= 15 is 0 Å². The quantitative estimate of drug-likeness (QED) is 0.788. The van der Waals surface area contributed by atoms with Crippen LogP contribution in [0.15, 0.2) is 18.2 Å². The molecule has 1 heterocycles. The van der Waals surface area contributed by atoms with Gasteiger partial charge >= 0.3 is 0 Å². The Balaban J connectivity index is 2.16. The van der Waals surface area contributed by atoms with Crippen molar-refractivity contribution in [1.29, 1.82) is 0 Å². The molecule has 0 spiro atoms. The lowest BCUT2D eigenvalue weighted by Gasteiger charge is -2.18. The number of rotatable bonds is 3. The third-order valence-electron chi connectivity index (χ3n) is 3.42. The minimum atomic E-state index is 0.516. The molecule has 0 aromatic heterocycles. The van der Waals surface area contributed by atoms with Gasteiger partial charge in [-0.05, 0) is 44.0 Å². The molecule has 15 heavy (non-hydrogen) atoms. The normalized spacial score (nSPS) is 20.9. The number of anilines is 1. The van der Waals surface area contributed by atoms with Gasteiger partial charge in [0, 0.05) is 17.8 Å². The zero-order chi connectivity index (χ0) is 10.8. The zero-order valence-corrected chi connectivity index (χ0v) is 9.80. The highest BCUT2D eigenvalue weighted by Gasteiger charge is 2.24. The third-order valence-corrected chi connectivity index (χ3v) is 3.42. The Morgan fingerprint density at radius 3 is 3.00 bits per heavy atom. The van der Waals surface area contributed by atoms with E-state index in [9.17, 15) is 0 Å². The van der Waals surface area contributed by atoms with Crippen LogP contribution < -0.4 is 10.6 Å². The molecule has 0 saturated heterocycles. The predicted molar refractivity (Wildman–Crippen MR) is 65.5 cm³/mol. The van der Waals surface area contributed by atoms with Crippen molar-refractivity contribution >= 4 is 5.69 Å². The van der Waals surface area contributed by atoms with Crippen molar-refractivity contribution in [3.8, 4) is 0 Å². The van der Waals surface area contributed by atoms with E-state index in [2.05, 4.69) is 42.7 Å². The Morgan fingerprint density at radius 1 is 1.53 bits per heavy atom. The highest BCUT2D eigenvalue weighted by molar-refractivity contribution is 5.58. The largest absolute Gasteiger partial charge is 0.380 e. The number of hydrogen-bond donors (Lipinski definition) is 2. The van der Waals surface area contributed by atoms with E-state index in [4.69, 9.17) is 0 Å². The number of aryl methyl sites for hydroxylation is 1. The van der Waals surface area contributed by atoms with Crippen molar-refractivity contribution in [1.82, 2.24) is 5.32 Å². The molecule has 1 aliphatic heterocycles. The van der Waals surface area contributed by atoms with Gasteiger partial charge in [0.15, 0.2) is 0 Å². The van der Waals surface area contributed by atoms with Crippen LogP contribution in [0.25, 0.3) is 0 Å². The lowest BCUT2D eigenvalue weighted by molar-refractivity contribution is 0.527. The Hall–Kier alpha value is -1.02. The predicted octanol–water partition coefficient (Wildman–Crippen LogP) is 2.19. The summed E-state index contributed by atoms with van der Waals surface area (Å²) >= 11 is 0. The van der Waals surface area contributed by atoms with Gasteiger partial charge in [0.05, 0.1) is 0 Å². The third kappa shape index (κ3) is 2.00. The second kappa shape index (κ2) is 4.23. The van der Waals surface area contributed by atoms with Gasteiger partial charge in [0.25, 0.3) is 0 Å². The van der Waals surface area contributed by atoms with Crippen LogP contribution in [0.2, 0.25) is 0 Å². The fourth-order valence-electron chi connectivity index (χ4n) is 2.17. The maximum atomic E-state index is 3.57. The van der Waals surface area contributed by atoms with Crippen molar-refractivity contribution in [2.45, 2.75) is 38.8 Å². The number of nitrogens with one attached hydrogen (secondary N) is 2. The molecular formula is C13H20N2. The Bertz CT molecular complexity index is 346. The molecule has 2 atom stereocenters. The van der Waals surface area contributed by atoms with Crippen LogP contribution in [0.4, 0.5) is 5.69 Å². The average Bonchev–Trinajstić information content (AvgIpc) is 2.70. The summed E-state index contributed by atoms with van der Waals surface area (Å²) in [5.41, 5.74) is 4.23. The standard InChI is InChI=1S/C13H20N2/c1-4-10-5-6-12-11(7-10)8-13(15-12)9(2)14-3/h5-7,9,13-15H,4,8H2,1-3H3. The molecule has 0 bridgehead atoms. The Kier molecular flexibility index (Phi) is 2.96. The second-order valence-electron chi connectivity index (χ2n) is 4.38. The summed E-state index contributed by atoms with van der Waals surface area (Å²) in [6, 6.07) is 7.83. The van der Waals surface area contributed by atoms with Crippen LogP contribution in [-0.2, 0) is 12.8 Å². The van der Waals surface area contributed by atoms with Crippen molar-refractivity contribution < 1.29 is 0 Å². The summed E-state index contributed by atoms with van der Waals surface area (Å²) in [5.74, 6) is 0. The van der Waals surface area contributed by atoms with Crippen molar-refractivity contribution in [3.63, 3.8) is 0 Å². The van der Waals surface area contributed by atoms with Crippen LogP contribution in [0, 0.1) is 0 Å². The van der Waals surface area contributed by atoms with E-state index in [1.165, 1.54) is 16.8 Å². The summed E-state index contributed by atoms with van der Waals surface area (Å²) in [7, 11) is 2.02. The van der Waals surface area contributed by atoms with Gasteiger partial charge in [-0.3, -0.25) is 0 Å². The van der Waals surface area contributed by atoms with Gasteiger partial charge in [-0.25, -0.2) is 0 Å². The molecule has 0 radical (unpaired) electrons. The van der Waals surface area contributed by atoms with Crippen LogP contribution in [0.1, 0.15) is 25.0 Å². The smallest absolute Gasteiger partial charge is 0.0452 e. The van der Waals surface area contributed by atoms with Crippen LogP contribution in [-0.4, -0.2) is 19.1 Å². The Labute approximate surface area is 92.1 Å². The van der Waals surface area contributed by atoms with Crippen LogP contribution in [0.5, 0.6) is 0 Å². The fraction of sp³-hybridized carbons (Fsp3) is 0.538. The zero-order valence-electron chi connectivity index (χ0n) is 9.80. The first-order valence-electron chi connectivity index (χ1n) is 5.80. The summed E-state index contributed by atoms with van der Waals surface area (Å²) in [6.45, 7) is 4.43. The maximum absolute atomic E-state index is 3.57. The van der Waals surface area contributed by atoms with Gasteiger partial charge in [0.1, 0.15) is 0 Å². The highest BCUT2D eigenvalue weighted by atomic mass is 15.0. The fourth-order valence-corrected chi connectivity index (χ4v) is 2.17. The maximum Gasteiger partial charge on any atom is 0.0452 e. The van der Waals surface area contributed by atoms with Gasteiger partial charge < -0.3 is 10.6 Å². The van der Waals surface area contributed by atoms with Crippen LogP contribution in [0.3, 0.4) is 0 Å². The molecule has 0 fully saturated rings. The molecule has 2 rings (SSSR count). The van der Waals surface area contributed by atoms with E-state index < -0.39 is 0 Å². The highest BCUT2D eigenvalue weighted by Crippen LogP contribution is 2.28. The van der Waals surface area contributed by atoms with E-state index in [0.29, 0.717) is 12.1 Å². The summed E-state index contributed by atoms with van der Waals surface area (Å²) in [4.78, 5) is 0. The van der Waals surface area contributed by atoms with Gasteiger partial charge in [0.2, 0.25) is 0 Å². The number of likely N-dealkylation sites (N-methyl/N-ethyl adjacent to an activating group) is 1. The monoisotopic (exact) mass is 204 g/mol. The molecular weight excluding hydrogens is 184 g/mol. The summed E-state index contributed by atoms with van der Waals surface area (Å²) in [6.07, 6.45) is 2.27. The lowest BCUT2D eigenvalue weighted by atomic mass is 10.0. The Morgan fingerprint density at radius 2 is 2.33 bits per heavy atom. The molecule has 2 unspecified atom stereocenters. The van der Waals surface area contributed by atoms with Crippen molar-refractivity contribution in [2.24, 2.45) is 0 Å². The first-order valence-corrected chi connectivity index (χ1v) is 5.80. The SMILES string of the molecule is CCc1ccc2c(c1)CC(C(C)NC)N2. The summed E-state index contributed by atoms with van der Waals surface area (Å²) in [5, 5.41) is 6.88. The molecule has 0 aliphatic carbocycles. The molecule has 2 N–H and O–H groups in total. The molecule has 2 heteroatoms. The number of benzene rings is 1. The summed E-state index contributed by atoms with van der Waals surface area (Å²) < 4.78 is 0. The van der Waals surface area contributed by atoms with E-state index in [1.807, 2.05) is 7.05 Å². The molecule has 0 saturated carbocycles. The molecule has 1 aromatic carbocycles. The number of fused-ring (bicyclic) bond motifs is 1. The van der Waals surface area contributed by atoms with Gasteiger partial charge in [-0.2, -0.15) is 0 Å². The lowest BCUT2D eigenvalue weighted by Crippen LogP contribution is -2.38. The minimum absolute atomic E-state index is 0.516. The molecule has 1 aromatic rings. The molecule has 82 valence electrons. The first-order chi connectivity index (χ1) is 7.24. The van der Waals surface area contributed by atoms with E-state index in [1.54, 1.807) is 0 Å². The van der Waals surface area contributed by atoms with Gasteiger partial charge in [-0.1, -0.05) is 19.1 Å². The molecule has 2 nitrogen and oxygen atoms in total. The first kappa shape index (κ1) is 10.5. The van der Waals surface area contributed by atoms with Crippen molar-refractivity contribution in [2.75, 3.05) is 12.4 Å². The average molecular weight is 204 g/mol. The van der Waals surface area contributed by atoms with Gasteiger partial charge in [-0.15, -0.1) is 0 Å². The number of hydrogen-bond acceptors (Lipinski definition) is 2.